The van der Waals surface area contributed by atoms with Crippen LogP contribution in [-0.2, 0) is 12.8 Å². The van der Waals surface area contributed by atoms with Crippen LogP contribution in [-0.4, -0.2) is 9.97 Å². The number of benzene rings is 1. The van der Waals surface area contributed by atoms with Crippen molar-refractivity contribution in [2.75, 3.05) is 0 Å². The second-order valence-corrected chi connectivity index (χ2v) is 8.78. The van der Waals surface area contributed by atoms with Gasteiger partial charge in [0, 0.05) is 18.0 Å². The van der Waals surface area contributed by atoms with Crippen LogP contribution in [0.4, 0.5) is 0 Å². The number of aromatic nitrogens is 2. The van der Waals surface area contributed by atoms with Gasteiger partial charge in [-0.05, 0) is 48.6 Å². The fourth-order valence-corrected chi connectivity index (χ4v) is 4.62. The molecule has 0 atom stereocenters. The van der Waals surface area contributed by atoms with Crippen LogP contribution in [0.5, 0.6) is 0 Å². The molecule has 152 valence electrons. The fraction of sp³-hybridized carbons (Fsp3) is 0.615. The Hall–Kier alpha value is -1.70. The molecule has 0 unspecified atom stereocenters. The minimum Gasteiger partial charge on any atom is -0.236 e. The maximum Gasteiger partial charge on any atom is 0.159 e. The zero-order chi connectivity index (χ0) is 19.6. The van der Waals surface area contributed by atoms with Crippen LogP contribution in [0.15, 0.2) is 36.7 Å². The molecule has 1 aliphatic carbocycles. The van der Waals surface area contributed by atoms with Gasteiger partial charge in [0.15, 0.2) is 5.82 Å². The Morgan fingerprint density at radius 3 is 1.96 bits per heavy atom. The van der Waals surface area contributed by atoms with Crippen LogP contribution in [0.2, 0.25) is 0 Å². The lowest BCUT2D eigenvalue weighted by Gasteiger charge is -2.28. The molecule has 2 heteroatoms. The SMILES string of the molecule is CCCCCc1ccc(-c2ncc(CCC3CCC(CCC)CC3)cn2)cc1. The smallest absolute Gasteiger partial charge is 0.159 e. The maximum absolute atomic E-state index is 4.64. The van der Waals surface area contributed by atoms with Gasteiger partial charge in [-0.1, -0.05) is 89.5 Å². The van der Waals surface area contributed by atoms with Gasteiger partial charge in [-0.3, -0.25) is 0 Å². The van der Waals surface area contributed by atoms with Gasteiger partial charge in [0.05, 0.1) is 0 Å². The lowest BCUT2D eigenvalue weighted by molar-refractivity contribution is 0.252. The van der Waals surface area contributed by atoms with Crippen LogP contribution in [0.3, 0.4) is 0 Å². The van der Waals surface area contributed by atoms with E-state index in [4.69, 9.17) is 0 Å². The summed E-state index contributed by atoms with van der Waals surface area (Å²) in [5, 5.41) is 0. The van der Waals surface area contributed by atoms with Gasteiger partial charge in [0.2, 0.25) is 0 Å². The van der Waals surface area contributed by atoms with Crippen molar-refractivity contribution >= 4 is 0 Å². The molecule has 2 nitrogen and oxygen atoms in total. The molecule has 0 bridgehead atoms. The van der Waals surface area contributed by atoms with E-state index >= 15 is 0 Å². The molecule has 1 heterocycles. The first-order valence-corrected chi connectivity index (χ1v) is 11.7. The summed E-state index contributed by atoms with van der Waals surface area (Å²) in [6, 6.07) is 8.81. The topological polar surface area (TPSA) is 25.8 Å². The van der Waals surface area contributed by atoms with E-state index in [2.05, 4.69) is 48.1 Å². The molecular formula is C26H38N2. The third kappa shape index (κ3) is 6.43. The summed E-state index contributed by atoms with van der Waals surface area (Å²) in [4.78, 5) is 9.29. The van der Waals surface area contributed by atoms with Crippen molar-refractivity contribution in [3.8, 4) is 11.4 Å². The highest BCUT2D eigenvalue weighted by atomic mass is 14.9. The number of hydrogen-bond donors (Lipinski definition) is 0. The predicted octanol–water partition coefficient (Wildman–Crippen LogP) is 7.42. The Kier molecular flexibility index (Phi) is 8.51. The molecule has 1 aliphatic rings. The molecule has 1 aromatic carbocycles. The minimum atomic E-state index is 0.851. The average Bonchev–Trinajstić information content (AvgIpc) is 2.75. The van der Waals surface area contributed by atoms with Crippen LogP contribution in [0.1, 0.15) is 89.2 Å². The molecule has 0 N–H and O–H groups in total. The van der Waals surface area contributed by atoms with Crippen molar-refractivity contribution in [3.05, 3.63) is 47.8 Å². The van der Waals surface area contributed by atoms with E-state index in [0.29, 0.717) is 0 Å². The summed E-state index contributed by atoms with van der Waals surface area (Å²) in [5.74, 6) is 2.76. The first kappa shape index (κ1) is 21.0. The summed E-state index contributed by atoms with van der Waals surface area (Å²) in [6.07, 6.45) is 20.1. The van der Waals surface area contributed by atoms with E-state index in [-0.39, 0.29) is 0 Å². The van der Waals surface area contributed by atoms with Crippen molar-refractivity contribution in [2.45, 2.75) is 90.9 Å². The predicted molar refractivity (Wildman–Crippen MR) is 119 cm³/mol. The molecule has 0 radical (unpaired) electrons. The molecule has 0 saturated heterocycles. The zero-order valence-corrected chi connectivity index (χ0v) is 18.0. The number of hydrogen-bond acceptors (Lipinski definition) is 2. The van der Waals surface area contributed by atoms with Crippen molar-refractivity contribution in [3.63, 3.8) is 0 Å². The fourth-order valence-electron chi connectivity index (χ4n) is 4.62. The van der Waals surface area contributed by atoms with E-state index < -0.39 is 0 Å². The van der Waals surface area contributed by atoms with Gasteiger partial charge < -0.3 is 0 Å². The standard InChI is InChI=1S/C26H38N2/c1-3-5-6-8-22-15-17-25(18-16-22)26-27-19-24(20-28-26)14-13-23-11-9-21(7-4-2)10-12-23/h15-21,23H,3-14H2,1-2H3. The summed E-state index contributed by atoms with van der Waals surface area (Å²) < 4.78 is 0. The number of aryl methyl sites for hydroxylation is 2. The van der Waals surface area contributed by atoms with Gasteiger partial charge in [-0.2, -0.15) is 0 Å². The molecule has 1 saturated carbocycles. The largest absolute Gasteiger partial charge is 0.236 e. The highest BCUT2D eigenvalue weighted by Crippen LogP contribution is 2.33. The summed E-state index contributed by atoms with van der Waals surface area (Å²) in [5.41, 5.74) is 3.83. The third-order valence-electron chi connectivity index (χ3n) is 6.49. The van der Waals surface area contributed by atoms with Gasteiger partial charge in [0.25, 0.3) is 0 Å². The Balaban J connectivity index is 1.46. The number of rotatable bonds is 10. The zero-order valence-electron chi connectivity index (χ0n) is 18.0. The molecule has 28 heavy (non-hydrogen) atoms. The average molecular weight is 379 g/mol. The Morgan fingerprint density at radius 2 is 1.36 bits per heavy atom. The first-order chi connectivity index (χ1) is 13.8. The van der Waals surface area contributed by atoms with E-state index in [0.717, 1.165) is 29.6 Å². The van der Waals surface area contributed by atoms with Crippen LogP contribution in [0.25, 0.3) is 11.4 Å². The van der Waals surface area contributed by atoms with Gasteiger partial charge in [0.1, 0.15) is 0 Å². The van der Waals surface area contributed by atoms with E-state index in [1.54, 1.807) is 0 Å². The normalized spacial score (nSPS) is 19.6. The maximum atomic E-state index is 4.64. The van der Waals surface area contributed by atoms with Gasteiger partial charge in [-0.15, -0.1) is 0 Å². The third-order valence-corrected chi connectivity index (χ3v) is 6.49. The van der Waals surface area contributed by atoms with E-state index in [1.807, 2.05) is 12.4 Å². The monoisotopic (exact) mass is 378 g/mol. The Bertz CT molecular complexity index is 667. The van der Waals surface area contributed by atoms with E-state index in [9.17, 15) is 0 Å². The van der Waals surface area contributed by atoms with Crippen LogP contribution >= 0.6 is 0 Å². The van der Waals surface area contributed by atoms with Gasteiger partial charge >= 0.3 is 0 Å². The quantitative estimate of drug-likeness (QED) is 0.402. The molecule has 0 amide bonds. The Labute approximate surface area is 172 Å². The van der Waals surface area contributed by atoms with Crippen molar-refractivity contribution < 1.29 is 0 Å². The highest BCUT2D eigenvalue weighted by Gasteiger charge is 2.20. The number of unbranched alkanes of at least 4 members (excludes halogenated alkanes) is 2. The van der Waals surface area contributed by atoms with Crippen LogP contribution < -0.4 is 0 Å². The van der Waals surface area contributed by atoms with Crippen LogP contribution in [0, 0.1) is 11.8 Å². The van der Waals surface area contributed by atoms with Crippen molar-refractivity contribution in [2.24, 2.45) is 11.8 Å². The highest BCUT2D eigenvalue weighted by molar-refractivity contribution is 5.55. The summed E-state index contributed by atoms with van der Waals surface area (Å²) in [7, 11) is 0. The molecule has 0 aliphatic heterocycles. The second kappa shape index (κ2) is 11.3. The number of nitrogens with zero attached hydrogens (tertiary/aromatic N) is 2. The molecule has 1 fully saturated rings. The second-order valence-electron chi connectivity index (χ2n) is 8.78. The minimum absolute atomic E-state index is 0.851. The first-order valence-electron chi connectivity index (χ1n) is 11.7. The Morgan fingerprint density at radius 1 is 0.714 bits per heavy atom. The van der Waals surface area contributed by atoms with Crippen molar-refractivity contribution in [1.29, 1.82) is 0 Å². The molecule has 3 rings (SSSR count). The lowest BCUT2D eigenvalue weighted by atomic mass is 9.78. The summed E-state index contributed by atoms with van der Waals surface area (Å²) >= 11 is 0. The molecule has 2 aromatic rings. The van der Waals surface area contributed by atoms with Crippen molar-refractivity contribution in [1.82, 2.24) is 9.97 Å². The molecule has 1 aromatic heterocycles. The summed E-state index contributed by atoms with van der Waals surface area (Å²) in [6.45, 7) is 4.57. The molecular weight excluding hydrogens is 340 g/mol. The van der Waals surface area contributed by atoms with Gasteiger partial charge in [-0.25, -0.2) is 9.97 Å². The van der Waals surface area contributed by atoms with E-state index in [1.165, 1.54) is 81.8 Å². The molecule has 0 spiro atoms. The lowest BCUT2D eigenvalue weighted by Crippen LogP contribution is -2.15.